The van der Waals surface area contributed by atoms with Crippen LogP contribution in [0.15, 0.2) is 9.72 Å². The van der Waals surface area contributed by atoms with Crippen molar-refractivity contribution >= 4 is 23.1 Å². The summed E-state index contributed by atoms with van der Waals surface area (Å²) >= 11 is 3.40. The Bertz CT molecular complexity index is 486. The summed E-state index contributed by atoms with van der Waals surface area (Å²) in [5, 5.41) is 9.30. The molecule has 0 unspecified atom stereocenters. The van der Waals surface area contributed by atoms with Crippen LogP contribution in [0.25, 0.3) is 0 Å². The molecule has 0 spiro atoms. The van der Waals surface area contributed by atoms with Gasteiger partial charge in [0, 0.05) is 17.0 Å². The standard InChI is InChI=1S/C10H12N4S2/c1-6-4-15-10(11-6)16-5-8-12-9(14-13-8)7-2-3-7/h4,7H,2-3,5H2,1H3,(H,12,13,14). The second kappa shape index (κ2) is 4.18. The summed E-state index contributed by atoms with van der Waals surface area (Å²) in [7, 11) is 0. The average molecular weight is 252 g/mol. The SMILES string of the molecule is Cc1csc(SCc2nc(C3CC3)n[nH]2)n1. The van der Waals surface area contributed by atoms with E-state index in [-0.39, 0.29) is 0 Å². The predicted octanol–water partition coefficient (Wildman–Crippen LogP) is 2.74. The molecule has 3 rings (SSSR count). The number of H-pyrrole nitrogens is 1. The van der Waals surface area contributed by atoms with Crippen LogP contribution in [0.3, 0.4) is 0 Å². The van der Waals surface area contributed by atoms with Gasteiger partial charge in [-0.15, -0.1) is 11.3 Å². The number of thiazole rings is 1. The van der Waals surface area contributed by atoms with Crippen molar-refractivity contribution in [3.05, 3.63) is 22.7 Å². The molecule has 1 saturated carbocycles. The molecule has 4 nitrogen and oxygen atoms in total. The summed E-state index contributed by atoms with van der Waals surface area (Å²) in [5.74, 6) is 3.40. The summed E-state index contributed by atoms with van der Waals surface area (Å²) in [6.45, 7) is 2.01. The monoisotopic (exact) mass is 252 g/mol. The Morgan fingerprint density at radius 1 is 1.50 bits per heavy atom. The molecular weight excluding hydrogens is 240 g/mol. The molecule has 0 radical (unpaired) electrons. The van der Waals surface area contributed by atoms with E-state index in [0.29, 0.717) is 5.92 Å². The van der Waals surface area contributed by atoms with Crippen LogP contribution in [0.5, 0.6) is 0 Å². The van der Waals surface area contributed by atoms with E-state index in [1.54, 1.807) is 23.1 Å². The Morgan fingerprint density at radius 2 is 2.38 bits per heavy atom. The summed E-state index contributed by atoms with van der Waals surface area (Å²) < 4.78 is 1.10. The lowest BCUT2D eigenvalue weighted by Crippen LogP contribution is -1.84. The van der Waals surface area contributed by atoms with E-state index < -0.39 is 0 Å². The maximum atomic E-state index is 4.48. The fraction of sp³-hybridized carbons (Fsp3) is 0.500. The average Bonchev–Trinajstić information content (AvgIpc) is 2.87. The number of thioether (sulfide) groups is 1. The molecule has 1 aliphatic carbocycles. The molecular formula is C10H12N4S2. The zero-order valence-corrected chi connectivity index (χ0v) is 10.6. The van der Waals surface area contributed by atoms with Gasteiger partial charge < -0.3 is 0 Å². The molecule has 0 aliphatic heterocycles. The van der Waals surface area contributed by atoms with Gasteiger partial charge in [0.1, 0.15) is 5.82 Å². The maximum absolute atomic E-state index is 4.48. The van der Waals surface area contributed by atoms with Gasteiger partial charge in [-0.25, -0.2) is 9.97 Å². The van der Waals surface area contributed by atoms with E-state index in [0.717, 1.165) is 27.4 Å². The summed E-state index contributed by atoms with van der Waals surface area (Å²) in [6.07, 6.45) is 2.49. The van der Waals surface area contributed by atoms with E-state index in [9.17, 15) is 0 Å². The van der Waals surface area contributed by atoms with Gasteiger partial charge in [0.05, 0.1) is 5.75 Å². The second-order valence-electron chi connectivity index (χ2n) is 3.96. The molecule has 16 heavy (non-hydrogen) atoms. The van der Waals surface area contributed by atoms with Crippen molar-refractivity contribution in [2.45, 2.75) is 35.8 Å². The Morgan fingerprint density at radius 3 is 3.06 bits per heavy atom. The highest BCUT2D eigenvalue weighted by Crippen LogP contribution is 2.38. The number of aromatic nitrogens is 4. The van der Waals surface area contributed by atoms with Gasteiger partial charge in [-0.2, -0.15) is 5.10 Å². The molecule has 84 valence electrons. The summed E-state index contributed by atoms with van der Waals surface area (Å²) in [4.78, 5) is 8.88. The van der Waals surface area contributed by atoms with E-state index in [1.165, 1.54) is 12.8 Å². The first-order chi connectivity index (χ1) is 7.81. The number of rotatable bonds is 4. The minimum Gasteiger partial charge on any atom is -0.262 e. The third-order valence-corrected chi connectivity index (χ3v) is 4.57. The van der Waals surface area contributed by atoms with Crippen molar-refractivity contribution in [1.29, 1.82) is 0 Å². The van der Waals surface area contributed by atoms with Gasteiger partial charge in [-0.1, -0.05) is 11.8 Å². The van der Waals surface area contributed by atoms with Crippen LogP contribution >= 0.6 is 23.1 Å². The summed E-state index contributed by atoms with van der Waals surface area (Å²) in [5.41, 5.74) is 1.09. The van der Waals surface area contributed by atoms with Gasteiger partial charge in [0.25, 0.3) is 0 Å². The Labute approximate surface area is 102 Å². The lowest BCUT2D eigenvalue weighted by Gasteiger charge is -1.91. The van der Waals surface area contributed by atoms with Crippen molar-refractivity contribution in [3.8, 4) is 0 Å². The van der Waals surface area contributed by atoms with Gasteiger partial charge in [-0.3, -0.25) is 5.10 Å². The highest BCUT2D eigenvalue weighted by molar-refractivity contribution is 8.00. The van der Waals surface area contributed by atoms with E-state index in [4.69, 9.17) is 0 Å². The van der Waals surface area contributed by atoms with Crippen molar-refractivity contribution in [2.24, 2.45) is 0 Å². The second-order valence-corrected chi connectivity index (χ2v) is 6.04. The largest absolute Gasteiger partial charge is 0.262 e. The van der Waals surface area contributed by atoms with Gasteiger partial charge in [0.2, 0.25) is 0 Å². The van der Waals surface area contributed by atoms with E-state index in [2.05, 4.69) is 25.5 Å². The lowest BCUT2D eigenvalue weighted by atomic mass is 10.4. The molecule has 0 aromatic carbocycles. The molecule has 6 heteroatoms. The first-order valence-corrected chi connectivity index (χ1v) is 7.14. The fourth-order valence-corrected chi connectivity index (χ4v) is 3.14. The zero-order valence-electron chi connectivity index (χ0n) is 8.93. The van der Waals surface area contributed by atoms with Gasteiger partial charge in [0.15, 0.2) is 10.2 Å². The van der Waals surface area contributed by atoms with Gasteiger partial charge >= 0.3 is 0 Å². The topological polar surface area (TPSA) is 54.5 Å². The molecule has 1 aliphatic rings. The van der Waals surface area contributed by atoms with Crippen LogP contribution in [-0.4, -0.2) is 20.2 Å². The minimum atomic E-state index is 0.622. The number of aryl methyl sites for hydroxylation is 1. The molecule has 2 heterocycles. The summed E-state index contributed by atoms with van der Waals surface area (Å²) in [6, 6.07) is 0. The quantitative estimate of drug-likeness (QED) is 0.850. The first kappa shape index (κ1) is 10.3. The molecule has 2 aromatic heterocycles. The molecule has 0 saturated heterocycles. The van der Waals surface area contributed by atoms with Crippen molar-refractivity contribution < 1.29 is 0 Å². The smallest absolute Gasteiger partial charge is 0.153 e. The number of nitrogens with one attached hydrogen (secondary N) is 1. The maximum Gasteiger partial charge on any atom is 0.153 e. The molecule has 0 atom stereocenters. The normalized spacial score (nSPS) is 15.6. The Balaban J connectivity index is 1.61. The third kappa shape index (κ3) is 2.27. The number of hydrogen-bond acceptors (Lipinski definition) is 5. The molecule has 2 aromatic rings. The number of aromatic amines is 1. The Kier molecular flexibility index (Phi) is 2.69. The van der Waals surface area contributed by atoms with Gasteiger partial charge in [-0.05, 0) is 19.8 Å². The zero-order chi connectivity index (χ0) is 11.0. The Hall–Kier alpha value is -0.880. The number of hydrogen-bond donors (Lipinski definition) is 1. The van der Waals surface area contributed by atoms with Crippen molar-refractivity contribution in [3.63, 3.8) is 0 Å². The highest BCUT2D eigenvalue weighted by atomic mass is 32.2. The van der Waals surface area contributed by atoms with E-state index in [1.807, 2.05) is 6.92 Å². The third-order valence-electron chi connectivity index (χ3n) is 2.42. The van der Waals surface area contributed by atoms with Crippen LogP contribution in [-0.2, 0) is 5.75 Å². The minimum absolute atomic E-state index is 0.622. The van der Waals surface area contributed by atoms with Crippen LogP contribution in [0, 0.1) is 6.92 Å². The van der Waals surface area contributed by atoms with Crippen LogP contribution < -0.4 is 0 Å². The predicted molar refractivity (Wildman–Crippen MR) is 64.8 cm³/mol. The van der Waals surface area contributed by atoms with Crippen molar-refractivity contribution in [2.75, 3.05) is 0 Å². The highest BCUT2D eigenvalue weighted by Gasteiger charge is 2.27. The van der Waals surface area contributed by atoms with Crippen molar-refractivity contribution in [1.82, 2.24) is 20.2 Å². The molecule has 1 fully saturated rings. The molecule has 0 bridgehead atoms. The number of nitrogens with zero attached hydrogens (tertiary/aromatic N) is 3. The van der Waals surface area contributed by atoms with Crippen LogP contribution in [0.2, 0.25) is 0 Å². The fourth-order valence-electron chi connectivity index (χ4n) is 1.43. The lowest BCUT2D eigenvalue weighted by molar-refractivity contribution is 0.934. The van der Waals surface area contributed by atoms with E-state index >= 15 is 0 Å². The molecule has 1 N–H and O–H groups in total. The molecule has 0 amide bonds. The first-order valence-electron chi connectivity index (χ1n) is 5.27. The van der Waals surface area contributed by atoms with Crippen LogP contribution in [0.4, 0.5) is 0 Å². The van der Waals surface area contributed by atoms with Crippen LogP contribution in [0.1, 0.15) is 36.1 Å².